The monoisotopic (exact) mass is 560 g/mol. The van der Waals surface area contributed by atoms with Crippen LogP contribution in [0.2, 0.25) is 0 Å². The maximum Gasteiger partial charge on any atom is 0.307 e. The minimum atomic E-state index is -0.295. The van der Waals surface area contributed by atoms with E-state index in [4.69, 9.17) is 14.6 Å². The maximum atomic E-state index is 13.0. The highest BCUT2D eigenvalue weighted by Gasteiger charge is 2.30. The van der Waals surface area contributed by atoms with Gasteiger partial charge in [-0.1, -0.05) is 39.2 Å². The lowest BCUT2D eigenvalue weighted by Gasteiger charge is -2.32. The van der Waals surface area contributed by atoms with Crippen LogP contribution < -0.4 is 10.1 Å². The van der Waals surface area contributed by atoms with E-state index in [1.54, 1.807) is 26.0 Å². The molecule has 1 atom stereocenters. The first-order valence-corrected chi connectivity index (χ1v) is 14.8. The van der Waals surface area contributed by atoms with E-state index >= 15 is 0 Å². The molecule has 0 aliphatic heterocycles. The molecule has 1 aliphatic rings. The fraction of sp³-hybridized carbons (Fsp3) is 0.485. The molecule has 1 heterocycles. The zero-order valence-electron chi connectivity index (χ0n) is 25.1. The van der Waals surface area contributed by atoms with E-state index < -0.39 is 0 Å². The number of nitrogens with one attached hydrogen (secondary N) is 1. The van der Waals surface area contributed by atoms with Gasteiger partial charge in [-0.2, -0.15) is 5.10 Å². The number of anilines is 1. The number of esters is 1. The lowest BCUT2D eigenvalue weighted by Crippen LogP contribution is -2.29. The van der Waals surface area contributed by atoms with Crippen LogP contribution in [0, 0.1) is 5.92 Å². The van der Waals surface area contributed by atoms with E-state index in [0.29, 0.717) is 24.6 Å². The van der Waals surface area contributed by atoms with Crippen LogP contribution in [0.3, 0.4) is 0 Å². The van der Waals surface area contributed by atoms with E-state index in [9.17, 15) is 9.59 Å². The number of amides is 1. The van der Waals surface area contributed by atoms with Crippen molar-refractivity contribution >= 4 is 17.6 Å². The van der Waals surface area contributed by atoms with E-state index in [1.165, 1.54) is 37.7 Å². The second-order valence-electron chi connectivity index (χ2n) is 11.1. The first-order chi connectivity index (χ1) is 19.8. The summed E-state index contributed by atoms with van der Waals surface area (Å²) in [7, 11) is 3.39. The Kier molecular flexibility index (Phi) is 10.4. The van der Waals surface area contributed by atoms with Gasteiger partial charge in [0.1, 0.15) is 5.75 Å². The fourth-order valence-corrected chi connectivity index (χ4v) is 5.59. The Labute approximate surface area is 244 Å². The maximum absolute atomic E-state index is 13.0. The van der Waals surface area contributed by atoms with Gasteiger partial charge in [-0.25, -0.2) is 4.68 Å². The molecule has 8 nitrogen and oxygen atoms in total. The topological polar surface area (TPSA) is 85.7 Å². The average molecular weight is 561 g/mol. The van der Waals surface area contributed by atoms with Gasteiger partial charge in [-0.05, 0) is 68.0 Å². The van der Waals surface area contributed by atoms with Crippen LogP contribution in [0.1, 0.15) is 92.9 Å². The van der Waals surface area contributed by atoms with Gasteiger partial charge >= 0.3 is 5.97 Å². The van der Waals surface area contributed by atoms with Crippen molar-refractivity contribution in [2.75, 3.05) is 32.6 Å². The Hall–Kier alpha value is -3.81. The molecule has 8 heteroatoms. The lowest BCUT2D eigenvalue weighted by atomic mass is 9.80. The standard InChI is InChI=1S/C33H44N4O4/c1-6-41-30(38)19-20-36(4)33(39)25-15-17-26(18-16-25)34-32(24-11-8-7-9-12-24)29-22-37(35-31(29)23(2)3)27-13-10-14-28(21-27)40-5/h10,13-18,21-24,32,34H,6-9,11-12,19-20H2,1-5H3. The van der Waals surface area contributed by atoms with Gasteiger partial charge in [-0.15, -0.1) is 0 Å². The number of benzene rings is 2. The summed E-state index contributed by atoms with van der Waals surface area (Å²) in [5.74, 6) is 1.13. The van der Waals surface area contributed by atoms with Gasteiger partial charge in [0.2, 0.25) is 0 Å². The number of hydrogen-bond acceptors (Lipinski definition) is 6. The summed E-state index contributed by atoms with van der Waals surface area (Å²) in [4.78, 5) is 26.2. The molecular formula is C33H44N4O4. The van der Waals surface area contributed by atoms with Crippen molar-refractivity contribution in [3.8, 4) is 11.4 Å². The third kappa shape index (κ3) is 7.69. The third-order valence-corrected chi connectivity index (χ3v) is 7.85. The van der Waals surface area contributed by atoms with Crippen LogP contribution in [-0.2, 0) is 9.53 Å². The van der Waals surface area contributed by atoms with Crippen LogP contribution >= 0.6 is 0 Å². The van der Waals surface area contributed by atoms with Gasteiger partial charge in [0.25, 0.3) is 5.91 Å². The highest BCUT2D eigenvalue weighted by molar-refractivity contribution is 5.94. The molecule has 1 aromatic heterocycles. The highest BCUT2D eigenvalue weighted by atomic mass is 16.5. The third-order valence-electron chi connectivity index (χ3n) is 7.85. The van der Waals surface area contributed by atoms with Gasteiger partial charge in [-0.3, -0.25) is 9.59 Å². The number of hydrogen-bond donors (Lipinski definition) is 1. The second-order valence-corrected chi connectivity index (χ2v) is 11.1. The molecule has 0 spiro atoms. The highest BCUT2D eigenvalue weighted by Crippen LogP contribution is 2.39. The molecule has 0 radical (unpaired) electrons. The molecule has 41 heavy (non-hydrogen) atoms. The van der Waals surface area contributed by atoms with E-state index in [-0.39, 0.29) is 30.3 Å². The molecule has 1 amide bonds. The Balaban J connectivity index is 1.58. The molecule has 1 N–H and O–H groups in total. The summed E-state index contributed by atoms with van der Waals surface area (Å²) in [6.45, 7) is 6.82. The molecule has 1 aliphatic carbocycles. The van der Waals surface area contributed by atoms with Gasteiger partial charge in [0.05, 0.1) is 37.6 Å². The normalized spacial score (nSPS) is 14.5. The smallest absolute Gasteiger partial charge is 0.307 e. The minimum Gasteiger partial charge on any atom is -0.497 e. The molecule has 4 rings (SSSR count). The number of carbonyl (C=O) groups is 2. The first kappa shape index (κ1) is 30.2. The van der Waals surface area contributed by atoms with Crippen LogP contribution in [0.15, 0.2) is 54.7 Å². The Morgan fingerprint density at radius 2 is 1.83 bits per heavy atom. The van der Waals surface area contributed by atoms with Crippen LogP contribution in [-0.4, -0.2) is 53.9 Å². The Bertz CT molecular complexity index is 1290. The summed E-state index contributed by atoms with van der Waals surface area (Å²) in [6, 6.07) is 15.7. The molecule has 0 bridgehead atoms. The molecule has 0 saturated heterocycles. The van der Waals surface area contributed by atoms with E-state index in [2.05, 4.69) is 25.4 Å². The van der Waals surface area contributed by atoms with Gasteiger partial charge < -0.3 is 19.7 Å². The van der Waals surface area contributed by atoms with Crippen molar-refractivity contribution in [1.29, 1.82) is 0 Å². The summed E-state index contributed by atoms with van der Waals surface area (Å²) in [6.07, 6.45) is 8.44. The minimum absolute atomic E-state index is 0.0980. The second kappa shape index (κ2) is 14.2. The van der Waals surface area contributed by atoms with Gasteiger partial charge in [0, 0.05) is 42.7 Å². The summed E-state index contributed by atoms with van der Waals surface area (Å²) >= 11 is 0. The zero-order valence-corrected chi connectivity index (χ0v) is 25.1. The van der Waals surface area contributed by atoms with Crippen molar-refractivity contribution in [1.82, 2.24) is 14.7 Å². The molecular weight excluding hydrogens is 516 g/mol. The predicted molar refractivity (Wildman–Crippen MR) is 162 cm³/mol. The molecule has 2 aromatic carbocycles. The quantitative estimate of drug-likeness (QED) is 0.246. The van der Waals surface area contributed by atoms with Crippen LogP contribution in [0.5, 0.6) is 5.75 Å². The Morgan fingerprint density at radius 1 is 1.10 bits per heavy atom. The lowest BCUT2D eigenvalue weighted by molar-refractivity contribution is -0.143. The number of methoxy groups -OCH3 is 1. The van der Waals surface area contributed by atoms with E-state index in [0.717, 1.165) is 22.8 Å². The largest absolute Gasteiger partial charge is 0.497 e. The fourth-order valence-electron chi connectivity index (χ4n) is 5.59. The molecule has 1 unspecified atom stereocenters. The van der Waals surface area contributed by atoms with Crippen LogP contribution in [0.4, 0.5) is 5.69 Å². The molecule has 3 aromatic rings. The average Bonchev–Trinajstić information content (AvgIpc) is 3.45. The van der Waals surface area contributed by atoms with Gasteiger partial charge in [0.15, 0.2) is 0 Å². The van der Waals surface area contributed by atoms with Crippen molar-refractivity contribution < 1.29 is 19.1 Å². The first-order valence-electron chi connectivity index (χ1n) is 14.8. The number of rotatable bonds is 12. The number of ether oxygens (including phenoxy) is 2. The van der Waals surface area contributed by atoms with Crippen molar-refractivity contribution in [3.05, 3.63) is 71.5 Å². The summed E-state index contributed by atoms with van der Waals surface area (Å²) in [5, 5.41) is 8.88. The number of aromatic nitrogens is 2. The van der Waals surface area contributed by atoms with Crippen molar-refractivity contribution in [3.63, 3.8) is 0 Å². The zero-order chi connectivity index (χ0) is 29.4. The van der Waals surface area contributed by atoms with Crippen LogP contribution in [0.25, 0.3) is 5.69 Å². The molecule has 220 valence electrons. The van der Waals surface area contributed by atoms with Crippen molar-refractivity contribution in [2.45, 2.75) is 71.3 Å². The Morgan fingerprint density at radius 3 is 2.49 bits per heavy atom. The summed E-state index contributed by atoms with van der Waals surface area (Å²) in [5.41, 5.74) is 4.83. The molecule has 1 fully saturated rings. The predicted octanol–water partition coefficient (Wildman–Crippen LogP) is 6.76. The summed E-state index contributed by atoms with van der Waals surface area (Å²) < 4.78 is 12.4. The van der Waals surface area contributed by atoms with Crippen molar-refractivity contribution in [2.24, 2.45) is 5.92 Å². The number of nitrogens with zero attached hydrogens (tertiary/aromatic N) is 3. The SMILES string of the molecule is CCOC(=O)CCN(C)C(=O)c1ccc(NC(c2cn(-c3cccc(OC)c3)nc2C(C)C)C2CCCCC2)cc1. The molecule has 1 saturated carbocycles. The number of carbonyl (C=O) groups excluding carboxylic acids is 2. The van der Waals surface area contributed by atoms with E-state index in [1.807, 2.05) is 53.2 Å².